The molecule has 0 radical (unpaired) electrons. The smallest absolute Gasteiger partial charge is 0.248 e. The van der Waals surface area contributed by atoms with Gasteiger partial charge in [-0.2, -0.15) is 0 Å². The molecule has 6 nitrogen and oxygen atoms in total. The third-order valence-corrected chi connectivity index (χ3v) is 6.00. The first-order valence-corrected chi connectivity index (χ1v) is 11.2. The number of benzene rings is 1. The van der Waals surface area contributed by atoms with Crippen molar-refractivity contribution in [2.45, 2.75) is 51.3 Å². The fourth-order valence-corrected chi connectivity index (χ4v) is 4.32. The standard InChI is InChI=1S/C24H31FN2O4/c1-2-3-21-8-9-22(31-21)14-26-12-10-19(11-13-26)27-15-23(30-17-24(27)28)16-29-20-6-4-18(25)5-7-20/h4-9,19,23H,2-3,10-17H2,1H3. The highest BCUT2D eigenvalue weighted by Gasteiger charge is 2.34. The van der Waals surface area contributed by atoms with E-state index in [1.54, 1.807) is 12.1 Å². The lowest BCUT2D eigenvalue weighted by Crippen LogP contribution is -2.55. The van der Waals surface area contributed by atoms with Crippen molar-refractivity contribution in [3.8, 4) is 5.75 Å². The molecule has 1 aromatic carbocycles. The third kappa shape index (κ3) is 5.86. The molecular weight excluding hydrogens is 399 g/mol. The van der Waals surface area contributed by atoms with Gasteiger partial charge in [-0.25, -0.2) is 4.39 Å². The lowest BCUT2D eigenvalue weighted by Gasteiger charge is -2.42. The number of likely N-dealkylation sites (tertiary alicyclic amines) is 1. The second-order valence-electron chi connectivity index (χ2n) is 8.37. The van der Waals surface area contributed by atoms with Gasteiger partial charge in [0.2, 0.25) is 5.91 Å². The average molecular weight is 431 g/mol. The molecule has 1 amide bonds. The first-order chi connectivity index (χ1) is 15.1. The van der Waals surface area contributed by atoms with E-state index in [0.717, 1.165) is 56.8 Å². The van der Waals surface area contributed by atoms with Crippen molar-refractivity contribution in [2.24, 2.45) is 0 Å². The fourth-order valence-electron chi connectivity index (χ4n) is 4.32. The predicted octanol–water partition coefficient (Wildman–Crippen LogP) is 3.64. The molecule has 2 saturated heterocycles. The Hall–Kier alpha value is -2.38. The molecule has 2 aliphatic heterocycles. The minimum atomic E-state index is -0.294. The van der Waals surface area contributed by atoms with Crippen LogP contribution < -0.4 is 4.74 Å². The summed E-state index contributed by atoms with van der Waals surface area (Å²) >= 11 is 0. The molecule has 0 N–H and O–H groups in total. The summed E-state index contributed by atoms with van der Waals surface area (Å²) in [7, 11) is 0. The highest BCUT2D eigenvalue weighted by atomic mass is 19.1. The molecule has 4 rings (SSSR count). The van der Waals surface area contributed by atoms with Crippen LogP contribution in [-0.2, 0) is 22.5 Å². The monoisotopic (exact) mass is 430 g/mol. The van der Waals surface area contributed by atoms with E-state index in [9.17, 15) is 9.18 Å². The Morgan fingerprint density at radius 2 is 1.84 bits per heavy atom. The number of hydrogen-bond donors (Lipinski definition) is 0. The number of aryl methyl sites for hydroxylation is 1. The first-order valence-electron chi connectivity index (χ1n) is 11.2. The molecule has 0 aliphatic carbocycles. The molecule has 0 saturated carbocycles. The summed E-state index contributed by atoms with van der Waals surface area (Å²) in [5.74, 6) is 2.42. The highest BCUT2D eigenvalue weighted by molar-refractivity contribution is 5.78. The van der Waals surface area contributed by atoms with Gasteiger partial charge in [0, 0.05) is 25.6 Å². The first kappa shape index (κ1) is 21.8. The number of carbonyl (C=O) groups is 1. The zero-order valence-corrected chi connectivity index (χ0v) is 18.1. The molecule has 1 unspecified atom stereocenters. The van der Waals surface area contributed by atoms with Crippen molar-refractivity contribution in [1.82, 2.24) is 9.80 Å². The van der Waals surface area contributed by atoms with Gasteiger partial charge in [0.25, 0.3) is 0 Å². The van der Waals surface area contributed by atoms with E-state index in [-0.39, 0.29) is 30.5 Å². The lowest BCUT2D eigenvalue weighted by atomic mass is 10.0. The van der Waals surface area contributed by atoms with Crippen LogP contribution in [0.4, 0.5) is 4.39 Å². The summed E-state index contributed by atoms with van der Waals surface area (Å²) < 4.78 is 30.3. The maximum Gasteiger partial charge on any atom is 0.248 e. The molecule has 3 heterocycles. The number of halogens is 1. The van der Waals surface area contributed by atoms with Gasteiger partial charge in [-0.05, 0) is 55.7 Å². The normalized spacial score (nSPS) is 20.9. The van der Waals surface area contributed by atoms with Gasteiger partial charge < -0.3 is 18.8 Å². The highest BCUT2D eigenvalue weighted by Crippen LogP contribution is 2.23. The molecule has 7 heteroatoms. The van der Waals surface area contributed by atoms with Crippen molar-refractivity contribution >= 4 is 5.91 Å². The van der Waals surface area contributed by atoms with Crippen LogP contribution in [0.25, 0.3) is 0 Å². The van der Waals surface area contributed by atoms with E-state index in [2.05, 4.69) is 24.0 Å². The average Bonchev–Trinajstić information content (AvgIpc) is 3.22. The number of carbonyl (C=O) groups excluding carboxylic acids is 1. The summed E-state index contributed by atoms with van der Waals surface area (Å²) in [4.78, 5) is 16.8. The van der Waals surface area contributed by atoms with Crippen LogP contribution in [0.2, 0.25) is 0 Å². The topological polar surface area (TPSA) is 55.2 Å². The van der Waals surface area contributed by atoms with Crippen molar-refractivity contribution in [3.63, 3.8) is 0 Å². The number of piperidine rings is 1. The van der Waals surface area contributed by atoms with Gasteiger partial charge >= 0.3 is 0 Å². The van der Waals surface area contributed by atoms with E-state index in [1.807, 2.05) is 4.90 Å². The van der Waals surface area contributed by atoms with E-state index >= 15 is 0 Å². The minimum absolute atomic E-state index is 0.0479. The van der Waals surface area contributed by atoms with E-state index in [4.69, 9.17) is 13.9 Å². The molecule has 2 aliphatic rings. The second-order valence-corrected chi connectivity index (χ2v) is 8.37. The van der Waals surface area contributed by atoms with Crippen molar-refractivity contribution in [2.75, 3.05) is 32.8 Å². The van der Waals surface area contributed by atoms with Crippen LogP contribution in [0.1, 0.15) is 37.7 Å². The number of nitrogens with zero attached hydrogens (tertiary/aromatic N) is 2. The van der Waals surface area contributed by atoms with Crippen LogP contribution in [-0.4, -0.2) is 60.7 Å². The van der Waals surface area contributed by atoms with Gasteiger partial charge in [-0.3, -0.25) is 9.69 Å². The van der Waals surface area contributed by atoms with Gasteiger partial charge in [-0.1, -0.05) is 6.92 Å². The summed E-state index contributed by atoms with van der Waals surface area (Å²) in [6.07, 6.45) is 3.77. The van der Waals surface area contributed by atoms with Crippen LogP contribution in [0, 0.1) is 5.82 Å². The second kappa shape index (κ2) is 10.3. The van der Waals surface area contributed by atoms with Crippen molar-refractivity contribution in [1.29, 1.82) is 0 Å². The number of rotatable bonds is 8. The Bertz CT molecular complexity index is 846. The zero-order valence-electron chi connectivity index (χ0n) is 18.1. The van der Waals surface area contributed by atoms with Crippen molar-refractivity contribution < 1.29 is 23.1 Å². The summed E-state index contributed by atoms with van der Waals surface area (Å²) in [5.41, 5.74) is 0. The summed E-state index contributed by atoms with van der Waals surface area (Å²) in [6.45, 7) is 5.81. The molecule has 0 bridgehead atoms. The van der Waals surface area contributed by atoms with E-state index in [1.165, 1.54) is 12.1 Å². The Kier molecular flexibility index (Phi) is 7.25. The Morgan fingerprint density at radius 3 is 2.58 bits per heavy atom. The lowest BCUT2D eigenvalue weighted by molar-refractivity contribution is -0.155. The number of furan rings is 1. The van der Waals surface area contributed by atoms with Crippen LogP contribution >= 0.6 is 0 Å². The van der Waals surface area contributed by atoms with Crippen LogP contribution in [0.5, 0.6) is 5.75 Å². The molecule has 1 aromatic heterocycles. The van der Waals surface area contributed by atoms with Gasteiger partial charge in [0.1, 0.15) is 42.4 Å². The molecule has 1 atom stereocenters. The van der Waals surface area contributed by atoms with Gasteiger partial charge in [-0.15, -0.1) is 0 Å². The molecule has 2 aromatic rings. The quantitative estimate of drug-likeness (QED) is 0.640. The number of hydrogen-bond acceptors (Lipinski definition) is 5. The molecule has 31 heavy (non-hydrogen) atoms. The minimum Gasteiger partial charge on any atom is -0.491 e. The molecule has 168 valence electrons. The zero-order chi connectivity index (χ0) is 21.6. The fraction of sp³-hybridized carbons (Fsp3) is 0.542. The van der Waals surface area contributed by atoms with Gasteiger partial charge in [0.05, 0.1) is 13.1 Å². The third-order valence-electron chi connectivity index (χ3n) is 6.00. The maximum absolute atomic E-state index is 13.0. The molecule has 0 spiro atoms. The summed E-state index contributed by atoms with van der Waals surface area (Å²) in [6, 6.07) is 10.3. The van der Waals surface area contributed by atoms with E-state index < -0.39 is 0 Å². The SMILES string of the molecule is CCCc1ccc(CN2CCC(N3CC(COc4ccc(F)cc4)OCC3=O)CC2)o1. The van der Waals surface area contributed by atoms with Gasteiger partial charge in [0.15, 0.2) is 0 Å². The van der Waals surface area contributed by atoms with E-state index in [0.29, 0.717) is 18.9 Å². The Morgan fingerprint density at radius 1 is 1.10 bits per heavy atom. The summed E-state index contributed by atoms with van der Waals surface area (Å²) in [5, 5.41) is 0. The van der Waals surface area contributed by atoms with Crippen LogP contribution in [0.3, 0.4) is 0 Å². The number of morpholine rings is 1. The number of ether oxygens (including phenoxy) is 2. The largest absolute Gasteiger partial charge is 0.491 e. The predicted molar refractivity (Wildman–Crippen MR) is 114 cm³/mol. The maximum atomic E-state index is 13.0. The Labute approximate surface area is 182 Å². The molecular formula is C24H31FN2O4. The molecule has 2 fully saturated rings. The van der Waals surface area contributed by atoms with Crippen molar-refractivity contribution in [3.05, 3.63) is 53.7 Å². The Balaban J connectivity index is 1.24. The van der Waals surface area contributed by atoms with Crippen LogP contribution in [0.15, 0.2) is 40.8 Å². The number of amides is 1.